The molecule has 1 aromatic rings. The molecule has 1 fully saturated rings. The molecule has 2 N–H and O–H groups in total. The van der Waals surface area contributed by atoms with E-state index < -0.39 is 0 Å². The summed E-state index contributed by atoms with van der Waals surface area (Å²) in [5.41, 5.74) is 1.46. The topological polar surface area (TPSA) is 40.5 Å². The van der Waals surface area contributed by atoms with Crippen LogP contribution in [-0.4, -0.2) is 16.8 Å². The fourth-order valence-electron chi connectivity index (χ4n) is 3.64. The Kier molecular flexibility index (Phi) is 2.90. The monoisotopic (exact) mass is 244 g/mol. The minimum Gasteiger partial charge on any atom is -0.508 e. The number of hydrogen-bond acceptors (Lipinski definition) is 2. The summed E-state index contributed by atoms with van der Waals surface area (Å²) in [4.78, 5) is 0. The van der Waals surface area contributed by atoms with Gasteiger partial charge in [-0.15, -0.1) is 0 Å². The maximum Gasteiger partial charge on any atom is 0.115 e. The highest BCUT2D eigenvalue weighted by Gasteiger charge is 2.41. The van der Waals surface area contributed by atoms with Crippen molar-refractivity contribution in [2.45, 2.75) is 31.6 Å². The van der Waals surface area contributed by atoms with Crippen LogP contribution in [0.15, 0.2) is 36.4 Å². The predicted octanol–water partition coefficient (Wildman–Crippen LogP) is 3.21. The van der Waals surface area contributed by atoms with Gasteiger partial charge in [-0.25, -0.2) is 0 Å². The van der Waals surface area contributed by atoms with Crippen LogP contribution in [0.1, 0.15) is 37.2 Å². The molecule has 2 heteroatoms. The van der Waals surface area contributed by atoms with Gasteiger partial charge < -0.3 is 10.2 Å². The molecule has 1 aromatic carbocycles. The molecule has 0 spiro atoms. The Morgan fingerprint density at radius 3 is 2.72 bits per heavy atom. The highest BCUT2D eigenvalue weighted by molar-refractivity contribution is 5.30. The van der Waals surface area contributed by atoms with Crippen molar-refractivity contribution in [3.05, 3.63) is 42.0 Å². The van der Waals surface area contributed by atoms with E-state index in [1.165, 1.54) is 5.56 Å². The molecule has 0 unspecified atom stereocenters. The second-order valence-corrected chi connectivity index (χ2v) is 5.90. The average molecular weight is 244 g/mol. The van der Waals surface area contributed by atoms with Crippen LogP contribution in [0.2, 0.25) is 0 Å². The van der Waals surface area contributed by atoms with Crippen LogP contribution in [0.4, 0.5) is 0 Å². The lowest BCUT2D eigenvalue weighted by molar-refractivity contribution is 0.0534. The summed E-state index contributed by atoms with van der Waals surface area (Å²) >= 11 is 0. The van der Waals surface area contributed by atoms with Gasteiger partial charge in [-0.3, -0.25) is 0 Å². The van der Waals surface area contributed by atoms with E-state index in [1.807, 2.05) is 12.1 Å². The van der Waals surface area contributed by atoms with Crippen LogP contribution in [0, 0.1) is 11.3 Å². The molecule has 2 bridgehead atoms. The molecule has 0 aromatic heterocycles. The van der Waals surface area contributed by atoms with Crippen molar-refractivity contribution in [3.63, 3.8) is 0 Å². The van der Waals surface area contributed by atoms with Gasteiger partial charge in [0.2, 0.25) is 0 Å². The zero-order valence-corrected chi connectivity index (χ0v) is 10.5. The number of benzene rings is 1. The molecule has 0 radical (unpaired) electrons. The molecular formula is C16H20O2. The summed E-state index contributed by atoms with van der Waals surface area (Å²) in [6, 6.07) is 7.62. The Balaban J connectivity index is 1.85. The highest BCUT2D eigenvalue weighted by Crippen LogP contribution is 2.51. The SMILES string of the molecule is OC[C@]12CC=C[C@H](C1)[C@H](c1ccc(O)cc1)CC2. The maximum atomic E-state index is 9.62. The van der Waals surface area contributed by atoms with Gasteiger partial charge in [0.25, 0.3) is 0 Å². The zero-order chi connectivity index (χ0) is 12.6. The fraction of sp³-hybridized carbons (Fsp3) is 0.500. The van der Waals surface area contributed by atoms with E-state index in [9.17, 15) is 10.2 Å². The number of phenols is 1. The van der Waals surface area contributed by atoms with Crippen LogP contribution >= 0.6 is 0 Å². The molecule has 96 valence electrons. The van der Waals surface area contributed by atoms with Crippen molar-refractivity contribution in [3.8, 4) is 5.75 Å². The van der Waals surface area contributed by atoms with Crippen LogP contribution in [0.25, 0.3) is 0 Å². The van der Waals surface area contributed by atoms with E-state index in [0.29, 0.717) is 24.2 Å². The Morgan fingerprint density at radius 1 is 1.22 bits per heavy atom. The average Bonchev–Trinajstić information content (AvgIpc) is 2.41. The Bertz CT molecular complexity index is 449. The molecule has 2 aliphatic rings. The smallest absolute Gasteiger partial charge is 0.115 e. The standard InChI is InChI=1S/C16H20O2/c17-11-16-8-1-2-13(10-16)15(7-9-16)12-3-5-14(18)6-4-12/h1-6,13,15,17-18H,7-11H2/t13-,15+,16+/m1/s1. The lowest BCUT2D eigenvalue weighted by atomic mass is 9.60. The number of allylic oxidation sites excluding steroid dienone is 2. The van der Waals surface area contributed by atoms with Gasteiger partial charge in [0.15, 0.2) is 0 Å². The molecule has 2 nitrogen and oxygen atoms in total. The molecule has 0 aliphatic heterocycles. The largest absolute Gasteiger partial charge is 0.508 e. The van der Waals surface area contributed by atoms with Gasteiger partial charge in [0.05, 0.1) is 0 Å². The Hall–Kier alpha value is -1.28. The van der Waals surface area contributed by atoms with E-state index in [-0.39, 0.29) is 5.41 Å². The first-order valence-electron chi connectivity index (χ1n) is 6.79. The molecular weight excluding hydrogens is 224 g/mol. The highest BCUT2D eigenvalue weighted by atomic mass is 16.3. The van der Waals surface area contributed by atoms with E-state index in [0.717, 1.165) is 25.7 Å². The second kappa shape index (κ2) is 4.43. The van der Waals surface area contributed by atoms with Gasteiger partial charge >= 0.3 is 0 Å². The number of phenolic OH excluding ortho intramolecular Hbond substituents is 1. The predicted molar refractivity (Wildman–Crippen MR) is 71.5 cm³/mol. The van der Waals surface area contributed by atoms with Crippen molar-refractivity contribution in [1.82, 2.24) is 0 Å². The minimum atomic E-state index is 0.146. The molecule has 0 amide bonds. The summed E-state index contributed by atoms with van der Waals surface area (Å²) in [5, 5.41) is 19.0. The first-order valence-corrected chi connectivity index (χ1v) is 6.79. The van der Waals surface area contributed by atoms with Crippen LogP contribution in [0.5, 0.6) is 5.75 Å². The van der Waals surface area contributed by atoms with Gasteiger partial charge in [0.1, 0.15) is 5.75 Å². The number of aliphatic hydroxyl groups is 1. The third kappa shape index (κ3) is 1.95. The van der Waals surface area contributed by atoms with Crippen molar-refractivity contribution in [1.29, 1.82) is 0 Å². The van der Waals surface area contributed by atoms with Crippen LogP contribution in [-0.2, 0) is 0 Å². The van der Waals surface area contributed by atoms with Gasteiger partial charge in [-0.05, 0) is 60.6 Å². The molecule has 0 saturated heterocycles. The summed E-state index contributed by atoms with van der Waals surface area (Å²) in [6.45, 7) is 0.316. The van der Waals surface area contributed by atoms with E-state index in [1.54, 1.807) is 12.1 Å². The lowest BCUT2D eigenvalue weighted by Gasteiger charge is -2.45. The Labute approximate surface area is 108 Å². The van der Waals surface area contributed by atoms with Gasteiger partial charge in [-0.2, -0.15) is 0 Å². The molecule has 18 heavy (non-hydrogen) atoms. The lowest BCUT2D eigenvalue weighted by Crippen LogP contribution is -2.37. The first-order chi connectivity index (χ1) is 8.72. The number of rotatable bonds is 2. The summed E-state index contributed by atoms with van der Waals surface area (Å²) in [6.07, 6.45) is 8.95. The van der Waals surface area contributed by atoms with E-state index >= 15 is 0 Å². The van der Waals surface area contributed by atoms with E-state index in [4.69, 9.17) is 0 Å². The number of hydrogen-bond donors (Lipinski definition) is 2. The second-order valence-electron chi connectivity index (χ2n) is 5.90. The summed E-state index contributed by atoms with van der Waals surface area (Å²) < 4.78 is 0. The van der Waals surface area contributed by atoms with Crippen LogP contribution < -0.4 is 0 Å². The van der Waals surface area contributed by atoms with Crippen molar-refractivity contribution >= 4 is 0 Å². The number of aromatic hydroxyl groups is 1. The minimum absolute atomic E-state index is 0.146. The van der Waals surface area contributed by atoms with Gasteiger partial charge in [-0.1, -0.05) is 24.3 Å². The first kappa shape index (κ1) is 11.8. The van der Waals surface area contributed by atoms with Crippen molar-refractivity contribution in [2.24, 2.45) is 11.3 Å². The normalized spacial score (nSPS) is 34.5. The molecule has 3 atom stereocenters. The fourth-order valence-corrected chi connectivity index (χ4v) is 3.64. The molecule has 1 saturated carbocycles. The summed E-state index contributed by atoms with van der Waals surface area (Å²) in [7, 11) is 0. The molecule has 3 rings (SSSR count). The third-order valence-corrected chi connectivity index (χ3v) is 4.76. The quantitative estimate of drug-likeness (QED) is 0.784. The molecule has 0 heterocycles. The maximum absolute atomic E-state index is 9.62. The molecule has 2 aliphatic carbocycles. The zero-order valence-electron chi connectivity index (χ0n) is 10.5. The van der Waals surface area contributed by atoms with Gasteiger partial charge in [0, 0.05) is 6.61 Å². The number of aliphatic hydroxyl groups excluding tert-OH is 1. The van der Waals surface area contributed by atoms with Crippen molar-refractivity contribution in [2.75, 3.05) is 6.61 Å². The van der Waals surface area contributed by atoms with Crippen LogP contribution in [0.3, 0.4) is 0 Å². The number of fused-ring (bicyclic) bond motifs is 2. The van der Waals surface area contributed by atoms with Crippen molar-refractivity contribution < 1.29 is 10.2 Å². The van der Waals surface area contributed by atoms with E-state index in [2.05, 4.69) is 12.2 Å². The Morgan fingerprint density at radius 2 is 2.00 bits per heavy atom. The third-order valence-electron chi connectivity index (χ3n) is 4.76. The summed E-state index contributed by atoms with van der Waals surface area (Å²) in [5.74, 6) is 1.42.